The number of pyridine rings is 1. The first-order chi connectivity index (χ1) is 13.4. The predicted octanol–water partition coefficient (Wildman–Crippen LogP) is 3.93. The minimum atomic E-state index is -0.504. The van der Waals surface area contributed by atoms with Crippen LogP contribution in [-0.4, -0.2) is 22.6 Å². The number of carbonyl (C=O) groups is 3. The van der Waals surface area contributed by atoms with Crippen LogP contribution in [0.1, 0.15) is 38.1 Å². The summed E-state index contributed by atoms with van der Waals surface area (Å²) >= 11 is 0. The number of benzene rings is 2. The lowest BCUT2D eigenvalue weighted by Crippen LogP contribution is -2.17. The Bertz CT molecular complexity index is 1050. The Morgan fingerprint density at radius 3 is 2.21 bits per heavy atom. The standard InChI is InChI=1S/C21H16FN3O3/c1-13(26)14-5-7-17(8-6-14)24-21(28)19-11-15(9-10-23-19)20(27)25-18-4-2-3-16(22)12-18/h2-12H,1H3,(H,24,28)(H,25,27). The number of nitrogens with one attached hydrogen (secondary N) is 2. The highest BCUT2D eigenvalue weighted by molar-refractivity contribution is 6.08. The fraction of sp³-hybridized carbons (Fsp3) is 0.0476. The fourth-order valence-corrected chi connectivity index (χ4v) is 2.45. The molecule has 7 heteroatoms. The van der Waals surface area contributed by atoms with Crippen LogP contribution in [0.2, 0.25) is 0 Å². The van der Waals surface area contributed by atoms with Crippen molar-refractivity contribution in [2.24, 2.45) is 0 Å². The Morgan fingerprint density at radius 2 is 1.54 bits per heavy atom. The lowest BCUT2D eigenvalue weighted by atomic mass is 10.1. The quantitative estimate of drug-likeness (QED) is 0.660. The number of ketones is 1. The third kappa shape index (κ3) is 4.64. The Labute approximate surface area is 160 Å². The van der Waals surface area contributed by atoms with Crippen molar-refractivity contribution in [3.63, 3.8) is 0 Å². The monoisotopic (exact) mass is 377 g/mol. The van der Waals surface area contributed by atoms with Crippen LogP contribution in [0.25, 0.3) is 0 Å². The van der Waals surface area contributed by atoms with Crippen LogP contribution in [0, 0.1) is 5.82 Å². The van der Waals surface area contributed by atoms with Crippen LogP contribution in [0.3, 0.4) is 0 Å². The average molecular weight is 377 g/mol. The number of halogens is 1. The van der Waals surface area contributed by atoms with Crippen molar-refractivity contribution in [2.45, 2.75) is 6.92 Å². The van der Waals surface area contributed by atoms with Gasteiger partial charge in [-0.1, -0.05) is 6.07 Å². The van der Waals surface area contributed by atoms with Crippen LogP contribution in [0.5, 0.6) is 0 Å². The summed E-state index contributed by atoms with van der Waals surface area (Å²) in [5.74, 6) is -1.54. The van der Waals surface area contributed by atoms with Gasteiger partial charge in [0.1, 0.15) is 11.5 Å². The van der Waals surface area contributed by atoms with Gasteiger partial charge in [-0.05, 0) is 61.5 Å². The number of aromatic nitrogens is 1. The van der Waals surface area contributed by atoms with E-state index < -0.39 is 17.6 Å². The largest absolute Gasteiger partial charge is 0.322 e. The highest BCUT2D eigenvalue weighted by atomic mass is 19.1. The van der Waals surface area contributed by atoms with Crippen LogP contribution >= 0.6 is 0 Å². The number of amides is 2. The molecule has 3 rings (SSSR count). The molecule has 2 N–H and O–H groups in total. The van der Waals surface area contributed by atoms with Crippen LogP contribution in [0.15, 0.2) is 66.9 Å². The molecule has 0 saturated carbocycles. The summed E-state index contributed by atoms with van der Waals surface area (Å²) in [5.41, 5.74) is 1.58. The highest BCUT2D eigenvalue weighted by Crippen LogP contribution is 2.14. The van der Waals surface area contributed by atoms with Gasteiger partial charge in [0.25, 0.3) is 11.8 Å². The first kappa shape index (κ1) is 18.9. The minimum Gasteiger partial charge on any atom is -0.322 e. The zero-order chi connectivity index (χ0) is 20.1. The van der Waals surface area contributed by atoms with Crippen molar-refractivity contribution in [1.29, 1.82) is 0 Å². The summed E-state index contributed by atoms with van der Waals surface area (Å²) < 4.78 is 13.2. The topological polar surface area (TPSA) is 88.2 Å². The molecule has 0 unspecified atom stereocenters. The molecule has 0 aliphatic heterocycles. The first-order valence-corrected chi connectivity index (χ1v) is 8.38. The lowest BCUT2D eigenvalue weighted by molar-refractivity contribution is 0.101. The number of nitrogens with zero attached hydrogens (tertiary/aromatic N) is 1. The van der Waals surface area contributed by atoms with E-state index in [4.69, 9.17) is 0 Å². The maximum absolute atomic E-state index is 13.2. The second-order valence-electron chi connectivity index (χ2n) is 5.98. The maximum Gasteiger partial charge on any atom is 0.274 e. The predicted molar refractivity (Wildman–Crippen MR) is 103 cm³/mol. The lowest BCUT2D eigenvalue weighted by Gasteiger charge is -2.08. The summed E-state index contributed by atoms with van der Waals surface area (Å²) in [4.78, 5) is 40.0. The van der Waals surface area contributed by atoms with Crippen LogP contribution < -0.4 is 10.6 Å². The van der Waals surface area contributed by atoms with Gasteiger partial charge in [-0.2, -0.15) is 0 Å². The Kier molecular flexibility index (Phi) is 5.55. The van der Waals surface area contributed by atoms with E-state index in [2.05, 4.69) is 15.6 Å². The first-order valence-electron chi connectivity index (χ1n) is 8.38. The van der Waals surface area contributed by atoms with Gasteiger partial charge in [0.2, 0.25) is 0 Å². The van der Waals surface area contributed by atoms with Crippen LogP contribution in [0.4, 0.5) is 15.8 Å². The molecule has 0 spiro atoms. The van der Waals surface area contributed by atoms with Gasteiger partial charge in [-0.25, -0.2) is 4.39 Å². The molecule has 0 saturated heterocycles. The highest BCUT2D eigenvalue weighted by Gasteiger charge is 2.13. The molecule has 2 aromatic carbocycles. The number of carbonyl (C=O) groups excluding carboxylic acids is 3. The van der Waals surface area contributed by atoms with Gasteiger partial charge in [0.15, 0.2) is 5.78 Å². The van der Waals surface area contributed by atoms with Gasteiger partial charge in [0.05, 0.1) is 0 Å². The summed E-state index contributed by atoms with van der Waals surface area (Å²) in [6.45, 7) is 1.46. The Hall–Kier alpha value is -3.87. The van der Waals surface area contributed by atoms with Gasteiger partial charge in [-0.3, -0.25) is 19.4 Å². The molecule has 140 valence electrons. The number of hydrogen-bond donors (Lipinski definition) is 2. The van der Waals surface area contributed by atoms with Crippen LogP contribution in [-0.2, 0) is 0 Å². The second-order valence-corrected chi connectivity index (χ2v) is 5.98. The smallest absolute Gasteiger partial charge is 0.274 e. The SMILES string of the molecule is CC(=O)c1ccc(NC(=O)c2cc(C(=O)Nc3cccc(F)c3)ccn2)cc1. The average Bonchev–Trinajstić information content (AvgIpc) is 2.68. The molecule has 6 nitrogen and oxygen atoms in total. The molecule has 28 heavy (non-hydrogen) atoms. The van der Waals surface area contributed by atoms with E-state index in [1.807, 2.05) is 0 Å². The van der Waals surface area contributed by atoms with Crippen molar-refractivity contribution >= 4 is 29.0 Å². The Morgan fingerprint density at radius 1 is 0.821 bits per heavy atom. The molecule has 0 fully saturated rings. The molecular weight excluding hydrogens is 361 g/mol. The molecule has 0 bridgehead atoms. The van der Waals surface area contributed by atoms with Crippen molar-refractivity contribution < 1.29 is 18.8 Å². The van der Waals surface area contributed by atoms with E-state index in [9.17, 15) is 18.8 Å². The van der Waals surface area contributed by atoms with Gasteiger partial charge >= 0.3 is 0 Å². The second kappa shape index (κ2) is 8.22. The van der Waals surface area contributed by atoms with E-state index in [0.717, 1.165) is 0 Å². The van der Waals surface area contributed by atoms with E-state index in [1.165, 1.54) is 43.5 Å². The molecule has 2 amide bonds. The molecule has 0 aliphatic rings. The van der Waals surface area contributed by atoms with Gasteiger partial charge in [-0.15, -0.1) is 0 Å². The maximum atomic E-state index is 13.2. The third-order valence-electron chi connectivity index (χ3n) is 3.89. The van der Waals surface area contributed by atoms with Crippen molar-refractivity contribution in [3.8, 4) is 0 Å². The van der Waals surface area contributed by atoms with E-state index >= 15 is 0 Å². The fourth-order valence-electron chi connectivity index (χ4n) is 2.45. The number of anilines is 2. The third-order valence-corrected chi connectivity index (χ3v) is 3.89. The molecule has 3 aromatic rings. The molecule has 1 heterocycles. The molecule has 0 aliphatic carbocycles. The number of rotatable bonds is 5. The van der Waals surface area contributed by atoms with Gasteiger partial charge in [0, 0.05) is 28.7 Å². The van der Waals surface area contributed by atoms with E-state index in [-0.39, 0.29) is 17.0 Å². The van der Waals surface area contributed by atoms with E-state index in [1.54, 1.807) is 30.3 Å². The summed E-state index contributed by atoms with van der Waals surface area (Å²) in [6.07, 6.45) is 1.34. The molecule has 0 atom stereocenters. The minimum absolute atomic E-state index is 0.0440. The summed E-state index contributed by atoms with van der Waals surface area (Å²) in [6, 6.07) is 14.7. The number of hydrogen-bond acceptors (Lipinski definition) is 4. The van der Waals surface area contributed by atoms with Gasteiger partial charge < -0.3 is 10.6 Å². The number of Topliss-reactive ketones (excluding diaryl/α,β-unsaturated/α-hetero) is 1. The zero-order valence-electron chi connectivity index (χ0n) is 14.9. The molecular formula is C21H16FN3O3. The summed E-state index contributed by atoms with van der Waals surface area (Å²) in [5, 5.41) is 5.21. The zero-order valence-corrected chi connectivity index (χ0v) is 14.9. The normalized spacial score (nSPS) is 10.2. The van der Waals surface area contributed by atoms with E-state index in [0.29, 0.717) is 16.9 Å². The summed E-state index contributed by atoms with van der Waals surface area (Å²) in [7, 11) is 0. The molecule has 1 aromatic heterocycles. The van der Waals surface area contributed by atoms with Crippen molar-refractivity contribution in [3.05, 3.63) is 89.5 Å². The molecule has 0 radical (unpaired) electrons. The van der Waals surface area contributed by atoms with Crippen molar-refractivity contribution in [2.75, 3.05) is 10.6 Å². The Balaban J connectivity index is 1.72. The van der Waals surface area contributed by atoms with Crippen molar-refractivity contribution in [1.82, 2.24) is 4.98 Å².